The number of amides is 1. The highest BCUT2D eigenvalue weighted by Crippen LogP contribution is 2.17. The van der Waals surface area contributed by atoms with Crippen LogP contribution in [0.4, 0.5) is 15.8 Å². The number of nitrogen functional groups attached to an aromatic ring is 1. The van der Waals surface area contributed by atoms with Gasteiger partial charge in [-0.05, 0) is 18.2 Å². The first-order valence-corrected chi connectivity index (χ1v) is 4.36. The normalized spacial score (nSPS) is 10.3. The van der Waals surface area contributed by atoms with Gasteiger partial charge in [0, 0.05) is 11.6 Å². The number of nitrogens with one attached hydrogen (secondary N) is 1. The van der Waals surface area contributed by atoms with Crippen molar-refractivity contribution in [2.75, 3.05) is 11.1 Å². The Labute approximate surface area is 82.1 Å². The van der Waals surface area contributed by atoms with E-state index in [9.17, 15) is 9.18 Å². The van der Waals surface area contributed by atoms with E-state index in [4.69, 9.17) is 5.73 Å². The predicted molar refractivity (Wildman–Crippen MR) is 54.3 cm³/mol. The first kappa shape index (κ1) is 10.5. The number of carbonyl (C=O) groups is 1. The van der Waals surface area contributed by atoms with E-state index in [0.717, 1.165) is 0 Å². The molecule has 0 saturated heterocycles. The first-order chi connectivity index (χ1) is 6.50. The van der Waals surface area contributed by atoms with Crippen LogP contribution in [0.15, 0.2) is 18.2 Å². The molecular formula is C10H13FN2O. The smallest absolute Gasteiger partial charge is 0.227 e. The maximum absolute atomic E-state index is 13.1. The Bertz CT molecular complexity index is 350. The zero-order chi connectivity index (χ0) is 10.7. The third kappa shape index (κ3) is 2.45. The molecule has 1 aromatic rings. The summed E-state index contributed by atoms with van der Waals surface area (Å²) < 4.78 is 13.1. The molecule has 0 unspecified atom stereocenters. The minimum Gasteiger partial charge on any atom is -0.399 e. The Balaban J connectivity index is 2.86. The van der Waals surface area contributed by atoms with Crippen LogP contribution in [0.5, 0.6) is 0 Å². The van der Waals surface area contributed by atoms with E-state index in [1.54, 1.807) is 13.8 Å². The number of hydrogen-bond acceptors (Lipinski definition) is 2. The summed E-state index contributed by atoms with van der Waals surface area (Å²) in [6.07, 6.45) is 0. The molecule has 0 bridgehead atoms. The van der Waals surface area contributed by atoms with Crippen LogP contribution in [0.1, 0.15) is 13.8 Å². The number of benzene rings is 1. The highest BCUT2D eigenvalue weighted by Gasteiger charge is 2.10. The number of rotatable bonds is 2. The Kier molecular flexibility index (Phi) is 3.06. The van der Waals surface area contributed by atoms with Crippen molar-refractivity contribution >= 4 is 17.3 Å². The summed E-state index contributed by atoms with van der Waals surface area (Å²) in [5, 5.41) is 2.46. The summed E-state index contributed by atoms with van der Waals surface area (Å²) >= 11 is 0. The number of hydrogen-bond donors (Lipinski definition) is 2. The van der Waals surface area contributed by atoms with Crippen LogP contribution in [-0.4, -0.2) is 5.91 Å². The van der Waals surface area contributed by atoms with Gasteiger partial charge in [0.2, 0.25) is 5.91 Å². The second kappa shape index (κ2) is 4.09. The molecule has 1 amide bonds. The van der Waals surface area contributed by atoms with Crippen molar-refractivity contribution in [3.05, 3.63) is 24.0 Å². The van der Waals surface area contributed by atoms with E-state index >= 15 is 0 Å². The Morgan fingerprint density at radius 1 is 1.50 bits per heavy atom. The summed E-state index contributed by atoms with van der Waals surface area (Å²) in [6.45, 7) is 3.47. The van der Waals surface area contributed by atoms with Crippen molar-refractivity contribution in [3.8, 4) is 0 Å². The molecule has 1 rings (SSSR count). The summed E-state index contributed by atoms with van der Waals surface area (Å²) in [5.74, 6) is -0.890. The molecule has 0 heterocycles. The third-order valence-electron chi connectivity index (χ3n) is 1.77. The average Bonchev–Trinajstić information content (AvgIpc) is 2.11. The van der Waals surface area contributed by atoms with Crippen molar-refractivity contribution in [2.24, 2.45) is 5.92 Å². The van der Waals surface area contributed by atoms with E-state index in [1.807, 2.05) is 0 Å². The number of nitrogens with two attached hydrogens (primary N) is 1. The molecule has 0 saturated carbocycles. The molecule has 0 fully saturated rings. The van der Waals surface area contributed by atoms with E-state index in [2.05, 4.69) is 5.32 Å². The fourth-order valence-corrected chi connectivity index (χ4v) is 0.916. The van der Waals surface area contributed by atoms with Crippen LogP contribution in [0.3, 0.4) is 0 Å². The molecule has 14 heavy (non-hydrogen) atoms. The van der Waals surface area contributed by atoms with Gasteiger partial charge in [-0.25, -0.2) is 4.39 Å². The number of carbonyl (C=O) groups excluding carboxylic acids is 1. The molecular weight excluding hydrogens is 183 g/mol. The molecule has 76 valence electrons. The van der Waals surface area contributed by atoms with Gasteiger partial charge in [0.25, 0.3) is 0 Å². The van der Waals surface area contributed by atoms with Crippen molar-refractivity contribution in [1.82, 2.24) is 0 Å². The second-order valence-corrected chi connectivity index (χ2v) is 3.38. The molecule has 0 aliphatic heterocycles. The Morgan fingerprint density at radius 2 is 2.14 bits per heavy atom. The standard InChI is InChI=1S/C10H13FN2O/c1-6(2)10(14)13-9-5-7(12)3-4-8(9)11/h3-6H,12H2,1-2H3,(H,13,14). The van der Waals surface area contributed by atoms with E-state index < -0.39 is 5.82 Å². The van der Waals surface area contributed by atoms with Crippen LogP contribution >= 0.6 is 0 Å². The topological polar surface area (TPSA) is 55.1 Å². The maximum Gasteiger partial charge on any atom is 0.227 e. The fourth-order valence-electron chi connectivity index (χ4n) is 0.916. The zero-order valence-electron chi connectivity index (χ0n) is 8.17. The Morgan fingerprint density at radius 3 is 2.71 bits per heavy atom. The average molecular weight is 196 g/mol. The van der Waals surface area contributed by atoms with Crippen LogP contribution in [-0.2, 0) is 4.79 Å². The summed E-state index contributed by atoms with van der Waals surface area (Å²) in [6, 6.07) is 4.07. The van der Waals surface area contributed by atoms with Gasteiger partial charge in [0.05, 0.1) is 5.69 Å². The summed E-state index contributed by atoms with van der Waals surface area (Å²) in [4.78, 5) is 11.3. The van der Waals surface area contributed by atoms with E-state index in [0.29, 0.717) is 5.69 Å². The maximum atomic E-state index is 13.1. The largest absolute Gasteiger partial charge is 0.399 e. The molecule has 0 radical (unpaired) electrons. The van der Waals surface area contributed by atoms with Crippen LogP contribution in [0, 0.1) is 11.7 Å². The van der Waals surface area contributed by atoms with E-state index in [-0.39, 0.29) is 17.5 Å². The lowest BCUT2D eigenvalue weighted by molar-refractivity contribution is -0.118. The van der Waals surface area contributed by atoms with Gasteiger partial charge < -0.3 is 11.1 Å². The van der Waals surface area contributed by atoms with Crippen molar-refractivity contribution < 1.29 is 9.18 Å². The van der Waals surface area contributed by atoms with Crippen molar-refractivity contribution in [2.45, 2.75) is 13.8 Å². The molecule has 3 nitrogen and oxygen atoms in total. The highest BCUT2D eigenvalue weighted by atomic mass is 19.1. The van der Waals surface area contributed by atoms with Gasteiger partial charge in [0.1, 0.15) is 5.82 Å². The predicted octanol–water partition coefficient (Wildman–Crippen LogP) is 2.00. The van der Waals surface area contributed by atoms with Crippen LogP contribution < -0.4 is 11.1 Å². The monoisotopic (exact) mass is 196 g/mol. The summed E-state index contributed by atoms with van der Waals surface area (Å²) in [5.41, 5.74) is 6.01. The SMILES string of the molecule is CC(C)C(=O)Nc1cc(N)ccc1F. The molecule has 0 aromatic heterocycles. The molecule has 0 atom stereocenters. The van der Waals surface area contributed by atoms with Crippen LogP contribution in [0.2, 0.25) is 0 Å². The van der Waals surface area contributed by atoms with Gasteiger partial charge in [0.15, 0.2) is 0 Å². The minimum absolute atomic E-state index is 0.128. The van der Waals surface area contributed by atoms with E-state index in [1.165, 1.54) is 18.2 Å². The molecule has 0 spiro atoms. The van der Waals surface area contributed by atoms with Gasteiger partial charge in [-0.1, -0.05) is 13.8 Å². The molecule has 0 aliphatic rings. The van der Waals surface area contributed by atoms with Crippen molar-refractivity contribution in [3.63, 3.8) is 0 Å². The molecule has 0 aliphatic carbocycles. The zero-order valence-corrected chi connectivity index (χ0v) is 8.17. The Hall–Kier alpha value is -1.58. The van der Waals surface area contributed by atoms with Crippen molar-refractivity contribution in [1.29, 1.82) is 0 Å². The number of halogens is 1. The van der Waals surface area contributed by atoms with Gasteiger partial charge in [-0.3, -0.25) is 4.79 Å². The lowest BCUT2D eigenvalue weighted by Crippen LogP contribution is -2.18. The lowest BCUT2D eigenvalue weighted by atomic mass is 10.2. The minimum atomic E-state index is -0.479. The summed E-state index contributed by atoms with van der Waals surface area (Å²) in [7, 11) is 0. The lowest BCUT2D eigenvalue weighted by Gasteiger charge is -2.08. The highest BCUT2D eigenvalue weighted by molar-refractivity contribution is 5.92. The molecule has 3 N–H and O–H groups in total. The molecule has 1 aromatic carbocycles. The third-order valence-corrected chi connectivity index (χ3v) is 1.77. The van der Waals surface area contributed by atoms with Gasteiger partial charge in [-0.2, -0.15) is 0 Å². The quantitative estimate of drug-likeness (QED) is 0.711. The first-order valence-electron chi connectivity index (χ1n) is 4.36. The number of anilines is 2. The van der Waals surface area contributed by atoms with Gasteiger partial charge in [-0.15, -0.1) is 0 Å². The second-order valence-electron chi connectivity index (χ2n) is 3.38. The fraction of sp³-hybridized carbons (Fsp3) is 0.300. The molecule has 4 heteroatoms. The van der Waals surface area contributed by atoms with Gasteiger partial charge >= 0.3 is 0 Å². The van der Waals surface area contributed by atoms with Crippen LogP contribution in [0.25, 0.3) is 0 Å².